The van der Waals surface area contributed by atoms with Gasteiger partial charge in [0.15, 0.2) is 0 Å². The second-order valence-electron chi connectivity index (χ2n) is 6.08. The molecular weight excluding hydrogens is 266 g/mol. The number of carbonyl (C=O) groups is 1. The van der Waals surface area contributed by atoms with E-state index in [0.717, 1.165) is 37.9 Å². The number of carbonyl (C=O) groups excluding carboxylic acids is 1. The maximum absolute atomic E-state index is 12.3. The molecule has 0 saturated carbocycles. The lowest BCUT2D eigenvalue weighted by Crippen LogP contribution is -2.42. The number of piperidine rings is 1. The number of amides is 1. The molecule has 3 rings (SSSR count). The van der Waals surface area contributed by atoms with E-state index < -0.39 is 6.10 Å². The highest BCUT2D eigenvalue weighted by Gasteiger charge is 2.32. The number of aliphatic hydroxyl groups excluding tert-OH is 1. The van der Waals surface area contributed by atoms with Gasteiger partial charge in [-0.2, -0.15) is 0 Å². The Kier molecular flexibility index (Phi) is 4.56. The van der Waals surface area contributed by atoms with Crippen molar-refractivity contribution in [2.45, 2.75) is 25.4 Å². The number of ether oxygens (including phenoxy) is 1. The first kappa shape index (κ1) is 14.5. The van der Waals surface area contributed by atoms with Crippen molar-refractivity contribution < 1.29 is 14.6 Å². The van der Waals surface area contributed by atoms with Crippen LogP contribution >= 0.6 is 0 Å². The molecule has 1 aromatic carbocycles. The lowest BCUT2D eigenvalue weighted by Gasteiger charge is -2.35. The fourth-order valence-corrected chi connectivity index (χ4v) is 3.35. The average molecular weight is 289 g/mol. The molecule has 0 spiro atoms. The van der Waals surface area contributed by atoms with Crippen molar-refractivity contribution in [1.29, 1.82) is 0 Å². The van der Waals surface area contributed by atoms with Crippen LogP contribution in [-0.4, -0.2) is 42.2 Å². The molecule has 1 aromatic rings. The largest absolute Gasteiger partial charge is 0.388 e. The molecule has 2 heterocycles. The zero-order chi connectivity index (χ0) is 14.7. The summed E-state index contributed by atoms with van der Waals surface area (Å²) < 4.78 is 5.30. The Morgan fingerprint density at radius 3 is 2.52 bits per heavy atom. The van der Waals surface area contributed by atoms with Crippen LogP contribution in [0.25, 0.3) is 0 Å². The third kappa shape index (κ3) is 3.27. The molecule has 4 heteroatoms. The molecule has 2 aliphatic heterocycles. The van der Waals surface area contributed by atoms with Gasteiger partial charge < -0.3 is 14.7 Å². The SMILES string of the molecule is O=C(C1CCOC1)N1CCC(C(O)c2ccccc2)CC1. The van der Waals surface area contributed by atoms with Crippen molar-refractivity contribution in [3.05, 3.63) is 35.9 Å². The van der Waals surface area contributed by atoms with E-state index in [0.29, 0.717) is 13.2 Å². The van der Waals surface area contributed by atoms with Gasteiger partial charge >= 0.3 is 0 Å². The summed E-state index contributed by atoms with van der Waals surface area (Å²) in [5, 5.41) is 10.5. The number of benzene rings is 1. The molecular formula is C17H23NO3. The van der Waals surface area contributed by atoms with Gasteiger partial charge in [0.25, 0.3) is 0 Å². The predicted octanol–water partition coefficient (Wildman–Crippen LogP) is 2.00. The average Bonchev–Trinajstić information content (AvgIpc) is 3.09. The first-order valence-corrected chi connectivity index (χ1v) is 7.85. The van der Waals surface area contributed by atoms with Crippen molar-refractivity contribution in [3.63, 3.8) is 0 Å². The zero-order valence-corrected chi connectivity index (χ0v) is 12.3. The summed E-state index contributed by atoms with van der Waals surface area (Å²) in [4.78, 5) is 14.3. The Bertz CT molecular complexity index is 462. The number of nitrogens with zero attached hydrogens (tertiary/aromatic N) is 1. The maximum atomic E-state index is 12.3. The zero-order valence-electron chi connectivity index (χ0n) is 12.3. The highest BCUT2D eigenvalue weighted by molar-refractivity contribution is 5.79. The second-order valence-corrected chi connectivity index (χ2v) is 6.08. The molecule has 1 amide bonds. The van der Waals surface area contributed by atoms with Crippen molar-refractivity contribution in [2.24, 2.45) is 11.8 Å². The van der Waals surface area contributed by atoms with Crippen LogP contribution in [0.4, 0.5) is 0 Å². The predicted molar refractivity (Wildman–Crippen MR) is 79.6 cm³/mol. The molecule has 4 nitrogen and oxygen atoms in total. The highest BCUT2D eigenvalue weighted by Crippen LogP contribution is 2.31. The van der Waals surface area contributed by atoms with Crippen LogP contribution in [0.5, 0.6) is 0 Å². The quantitative estimate of drug-likeness (QED) is 0.926. The van der Waals surface area contributed by atoms with Gasteiger partial charge in [-0.05, 0) is 30.7 Å². The first-order valence-electron chi connectivity index (χ1n) is 7.85. The lowest BCUT2D eigenvalue weighted by atomic mass is 9.87. The van der Waals surface area contributed by atoms with E-state index in [-0.39, 0.29) is 17.7 Å². The van der Waals surface area contributed by atoms with E-state index in [1.54, 1.807) is 0 Å². The van der Waals surface area contributed by atoms with Gasteiger partial charge in [0, 0.05) is 19.7 Å². The van der Waals surface area contributed by atoms with Crippen LogP contribution < -0.4 is 0 Å². The Morgan fingerprint density at radius 2 is 1.90 bits per heavy atom. The summed E-state index contributed by atoms with van der Waals surface area (Å²) in [5.41, 5.74) is 0.978. The molecule has 1 N–H and O–H groups in total. The van der Waals surface area contributed by atoms with E-state index >= 15 is 0 Å². The van der Waals surface area contributed by atoms with E-state index in [1.807, 2.05) is 35.2 Å². The summed E-state index contributed by atoms with van der Waals surface area (Å²) in [6, 6.07) is 9.81. The minimum Gasteiger partial charge on any atom is -0.388 e. The fourth-order valence-electron chi connectivity index (χ4n) is 3.35. The smallest absolute Gasteiger partial charge is 0.228 e. The first-order chi connectivity index (χ1) is 10.3. The molecule has 2 saturated heterocycles. The number of likely N-dealkylation sites (tertiary alicyclic amines) is 1. The Balaban J connectivity index is 1.54. The molecule has 0 radical (unpaired) electrons. The van der Waals surface area contributed by atoms with Crippen LogP contribution in [0.15, 0.2) is 30.3 Å². The molecule has 114 valence electrons. The van der Waals surface area contributed by atoms with E-state index in [2.05, 4.69) is 0 Å². The monoisotopic (exact) mass is 289 g/mol. The van der Waals surface area contributed by atoms with Crippen LogP contribution in [0.2, 0.25) is 0 Å². The normalized spacial score (nSPS) is 25.0. The summed E-state index contributed by atoms with van der Waals surface area (Å²) >= 11 is 0. The molecule has 0 bridgehead atoms. The topological polar surface area (TPSA) is 49.8 Å². The molecule has 2 aliphatic rings. The van der Waals surface area contributed by atoms with Gasteiger partial charge in [0.2, 0.25) is 5.91 Å². The Labute approximate surface area is 125 Å². The third-order valence-corrected chi connectivity index (χ3v) is 4.72. The van der Waals surface area contributed by atoms with Gasteiger partial charge in [-0.1, -0.05) is 30.3 Å². The number of rotatable bonds is 3. The molecule has 0 aliphatic carbocycles. The summed E-state index contributed by atoms with van der Waals surface area (Å²) in [7, 11) is 0. The Morgan fingerprint density at radius 1 is 1.19 bits per heavy atom. The summed E-state index contributed by atoms with van der Waals surface area (Å²) in [6.45, 7) is 2.79. The van der Waals surface area contributed by atoms with E-state index in [1.165, 1.54) is 0 Å². The highest BCUT2D eigenvalue weighted by atomic mass is 16.5. The van der Waals surface area contributed by atoms with Gasteiger partial charge in [-0.25, -0.2) is 0 Å². The molecule has 0 aromatic heterocycles. The van der Waals surface area contributed by atoms with Crippen molar-refractivity contribution in [3.8, 4) is 0 Å². The summed E-state index contributed by atoms with van der Waals surface area (Å²) in [5.74, 6) is 0.539. The maximum Gasteiger partial charge on any atom is 0.228 e. The van der Waals surface area contributed by atoms with Crippen LogP contribution in [0, 0.1) is 11.8 Å². The van der Waals surface area contributed by atoms with Crippen molar-refractivity contribution >= 4 is 5.91 Å². The Hall–Kier alpha value is -1.39. The van der Waals surface area contributed by atoms with Gasteiger partial charge in [-0.3, -0.25) is 4.79 Å². The number of hydrogen-bond acceptors (Lipinski definition) is 3. The van der Waals surface area contributed by atoms with Gasteiger partial charge in [-0.15, -0.1) is 0 Å². The lowest BCUT2D eigenvalue weighted by molar-refractivity contribution is -0.137. The van der Waals surface area contributed by atoms with Crippen LogP contribution in [0.3, 0.4) is 0 Å². The van der Waals surface area contributed by atoms with Crippen LogP contribution in [0.1, 0.15) is 30.9 Å². The van der Waals surface area contributed by atoms with Gasteiger partial charge in [0.05, 0.1) is 18.6 Å². The standard InChI is InChI=1S/C17H23NO3/c19-16(13-4-2-1-3-5-13)14-6-9-18(10-7-14)17(20)15-8-11-21-12-15/h1-5,14-16,19H,6-12H2. The minimum atomic E-state index is -0.418. The summed E-state index contributed by atoms with van der Waals surface area (Å²) in [6.07, 6.45) is 2.18. The van der Waals surface area contributed by atoms with E-state index in [4.69, 9.17) is 4.74 Å². The number of hydrogen-bond donors (Lipinski definition) is 1. The van der Waals surface area contributed by atoms with Gasteiger partial charge in [0.1, 0.15) is 0 Å². The molecule has 2 unspecified atom stereocenters. The van der Waals surface area contributed by atoms with Crippen molar-refractivity contribution in [2.75, 3.05) is 26.3 Å². The minimum absolute atomic E-state index is 0.0561. The molecule has 2 atom stereocenters. The van der Waals surface area contributed by atoms with Crippen molar-refractivity contribution in [1.82, 2.24) is 4.90 Å². The molecule has 21 heavy (non-hydrogen) atoms. The van der Waals surface area contributed by atoms with Crippen LogP contribution in [-0.2, 0) is 9.53 Å². The third-order valence-electron chi connectivity index (χ3n) is 4.72. The van der Waals surface area contributed by atoms with E-state index in [9.17, 15) is 9.90 Å². The second kappa shape index (κ2) is 6.58. The molecule has 2 fully saturated rings. The number of aliphatic hydroxyl groups is 1. The fraction of sp³-hybridized carbons (Fsp3) is 0.588.